The van der Waals surface area contributed by atoms with Crippen LogP contribution in [0.15, 0.2) is 22.8 Å². The Morgan fingerprint density at radius 1 is 1.77 bits per heavy atom. The molecule has 70 valence electrons. The Balaban J connectivity index is 2.13. The van der Waals surface area contributed by atoms with Crippen LogP contribution in [0.25, 0.3) is 0 Å². The molecule has 1 aromatic heterocycles. The quantitative estimate of drug-likeness (QED) is 0.688. The zero-order valence-corrected chi connectivity index (χ0v) is 8.21. The first-order valence-electron chi connectivity index (χ1n) is 4.25. The van der Waals surface area contributed by atoms with Crippen molar-refractivity contribution in [3.63, 3.8) is 0 Å². The summed E-state index contributed by atoms with van der Waals surface area (Å²) in [6.07, 6.45) is 1.53. The lowest BCUT2D eigenvalue weighted by atomic mass is 10.4. The standard InChI is InChI=1S/C9H11NO2S/c1-7-10(4-6-13-7)9(11)8-3-2-5-12-8/h2-3,5,7H,4,6H2,1H3. The van der Waals surface area contributed by atoms with Crippen molar-refractivity contribution >= 4 is 17.7 Å². The second-order valence-corrected chi connectivity index (χ2v) is 4.37. The topological polar surface area (TPSA) is 33.5 Å². The molecule has 1 amide bonds. The van der Waals surface area contributed by atoms with Crippen molar-refractivity contribution in [3.05, 3.63) is 24.2 Å². The summed E-state index contributed by atoms with van der Waals surface area (Å²) < 4.78 is 5.06. The molecule has 1 aliphatic heterocycles. The Kier molecular flexibility index (Phi) is 2.31. The lowest BCUT2D eigenvalue weighted by Crippen LogP contribution is -2.32. The van der Waals surface area contributed by atoms with Gasteiger partial charge in [0, 0.05) is 12.3 Å². The highest BCUT2D eigenvalue weighted by Crippen LogP contribution is 2.24. The molecular formula is C9H11NO2S. The molecule has 0 aromatic carbocycles. The van der Waals surface area contributed by atoms with Crippen LogP contribution in [0, 0.1) is 0 Å². The van der Waals surface area contributed by atoms with Crippen LogP contribution in [-0.2, 0) is 0 Å². The van der Waals surface area contributed by atoms with E-state index in [0.29, 0.717) is 5.76 Å². The third-order valence-electron chi connectivity index (χ3n) is 2.12. The molecule has 0 spiro atoms. The number of furan rings is 1. The molecule has 0 aliphatic carbocycles. The van der Waals surface area contributed by atoms with Gasteiger partial charge in [-0.3, -0.25) is 4.79 Å². The van der Waals surface area contributed by atoms with Gasteiger partial charge in [-0.1, -0.05) is 0 Å². The first-order valence-corrected chi connectivity index (χ1v) is 5.30. The predicted molar refractivity (Wildman–Crippen MR) is 51.7 cm³/mol. The van der Waals surface area contributed by atoms with E-state index in [0.717, 1.165) is 12.3 Å². The fourth-order valence-electron chi connectivity index (χ4n) is 1.40. The molecule has 0 bridgehead atoms. The number of hydrogen-bond acceptors (Lipinski definition) is 3. The molecule has 1 saturated heterocycles. The van der Waals surface area contributed by atoms with E-state index in [1.807, 2.05) is 11.8 Å². The van der Waals surface area contributed by atoms with Crippen LogP contribution >= 0.6 is 11.8 Å². The third kappa shape index (κ3) is 1.58. The van der Waals surface area contributed by atoms with Crippen LogP contribution in [0.4, 0.5) is 0 Å². The molecule has 1 fully saturated rings. The average Bonchev–Trinajstić information content (AvgIpc) is 2.72. The molecule has 0 radical (unpaired) electrons. The fraction of sp³-hybridized carbons (Fsp3) is 0.444. The van der Waals surface area contributed by atoms with Gasteiger partial charge in [0.2, 0.25) is 0 Å². The molecule has 4 heteroatoms. The van der Waals surface area contributed by atoms with E-state index in [9.17, 15) is 4.79 Å². The summed E-state index contributed by atoms with van der Waals surface area (Å²) in [7, 11) is 0. The minimum absolute atomic E-state index is 0.00231. The highest BCUT2D eigenvalue weighted by Gasteiger charge is 2.27. The number of rotatable bonds is 1. The van der Waals surface area contributed by atoms with Crippen molar-refractivity contribution in [1.29, 1.82) is 0 Å². The van der Waals surface area contributed by atoms with Crippen molar-refractivity contribution in [2.24, 2.45) is 0 Å². The zero-order valence-electron chi connectivity index (χ0n) is 7.40. The van der Waals surface area contributed by atoms with Crippen LogP contribution < -0.4 is 0 Å². The first-order chi connectivity index (χ1) is 6.29. The number of thioether (sulfide) groups is 1. The molecule has 13 heavy (non-hydrogen) atoms. The van der Waals surface area contributed by atoms with Gasteiger partial charge in [0.05, 0.1) is 11.6 Å². The van der Waals surface area contributed by atoms with Gasteiger partial charge in [0.1, 0.15) is 0 Å². The Bertz CT molecular complexity index is 297. The Hall–Kier alpha value is -0.900. The summed E-state index contributed by atoms with van der Waals surface area (Å²) in [5.41, 5.74) is 0. The van der Waals surface area contributed by atoms with Crippen LogP contribution in [0.2, 0.25) is 0 Å². The second-order valence-electron chi connectivity index (χ2n) is 2.95. The maximum Gasteiger partial charge on any atom is 0.290 e. The number of nitrogens with zero attached hydrogens (tertiary/aromatic N) is 1. The van der Waals surface area contributed by atoms with Gasteiger partial charge in [-0.2, -0.15) is 0 Å². The number of carbonyl (C=O) groups is 1. The van der Waals surface area contributed by atoms with E-state index in [-0.39, 0.29) is 11.3 Å². The van der Waals surface area contributed by atoms with Crippen LogP contribution in [-0.4, -0.2) is 28.5 Å². The van der Waals surface area contributed by atoms with Crippen molar-refractivity contribution in [3.8, 4) is 0 Å². The maximum atomic E-state index is 11.7. The lowest BCUT2D eigenvalue weighted by Gasteiger charge is -2.18. The molecule has 1 aliphatic rings. The van der Waals surface area contributed by atoms with Crippen molar-refractivity contribution in [2.75, 3.05) is 12.3 Å². The second kappa shape index (κ2) is 3.46. The number of carbonyl (C=O) groups excluding carboxylic acids is 1. The molecule has 0 saturated carbocycles. The van der Waals surface area contributed by atoms with E-state index in [4.69, 9.17) is 4.42 Å². The zero-order chi connectivity index (χ0) is 9.26. The SMILES string of the molecule is CC1SCCN1C(=O)c1ccco1. The smallest absolute Gasteiger partial charge is 0.290 e. The van der Waals surface area contributed by atoms with Crippen molar-refractivity contribution in [2.45, 2.75) is 12.3 Å². The molecule has 2 rings (SSSR count). The number of hydrogen-bond donors (Lipinski definition) is 0. The van der Waals surface area contributed by atoms with E-state index < -0.39 is 0 Å². The fourth-order valence-corrected chi connectivity index (χ4v) is 2.43. The van der Waals surface area contributed by atoms with Gasteiger partial charge in [0.15, 0.2) is 5.76 Å². The summed E-state index contributed by atoms with van der Waals surface area (Å²) >= 11 is 1.79. The number of amides is 1. The van der Waals surface area contributed by atoms with Gasteiger partial charge in [-0.15, -0.1) is 11.8 Å². The Labute approximate surface area is 81.1 Å². The van der Waals surface area contributed by atoms with Gasteiger partial charge in [-0.05, 0) is 19.1 Å². The molecule has 3 nitrogen and oxygen atoms in total. The summed E-state index contributed by atoms with van der Waals surface area (Å²) in [6, 6.07) is 3.44. The summed E-state index contributed by atoms with van der Waals surface area (Å²) in [6.45, 7) is 2.86. The normalized spacial score (nSPS) is 22.2. The Morgan fingerprint density at radius 3 is 3.15 bits per heavy atom. The minimum Gasteiger partial charge on any atom is -0.459 e. The van der Waals surface area contributed by atoms with Crippen LogP contribution in [0.1, 0.15) is 17.5 Å². The summed E-state index contributed by atoms with van der Waals surface area (Å²) in [5.74, 6) is 1.46. The largest absolute Gasteiger partial charge is 0.459 e. The van der Waals surface area contributed by atoms with Gasteiger partial charge < -0.3 is 9.32 Å². The van der Waals surface area contributed by atoms with Gasteiger partial charge in [-0.25, -0.2) is 0 Å². The van der Waals surface area contributed by atoms with E-state index >= 15 is 0 Å². The van der Waals surface area contributed by atoms with E-state index in [1.165, 1.54) is 6.26 Å². The minimum atomic E-state index is 0.00231. The third-order valence-corrected chi connectivity index (χ3v) is 3.28. The first kappa shape index (κ1) is 8.69. The molecule has 1 aromatic rings. The molecular weight excluding hydrogens is 186 g/mol. The van der Waals surface area contributed by atoms with Crippen LogP contribution in [0.5, 0.6) is 0 Å². The lowest BCUT2D eigenvalue weighted by molar-refractivity contribution is 0.0736. The van der Waals surface area contributed by atoms with Gasteiger partial charge >= 0.3 is 0 Å². The highest BCUT2D eigenvalue weighted by atomic mass is 32.2. The highest BCUT2D eigenvalue weighted by molar-refractivity contribution is 8.00. The summed E-state index contributed by atoms with van der Waals surface area (Å²) in [5, 5.41) is 0.276. The average molecular weight is 197 g/mol. The molecule has 2 heterocycles. The van der Waals surface area contributed by atoms with Crippen molar-refractivity contribution < 1.29 is 9.21 Å². The maximum absolute atomic E-state index is 11.7. The Morgan fingerprint density at radius 2 is 2.62 bits per heavy atom. The summed E-state index contributed by atoms with van der Waals surface area (Å²) in [4.78, 5) is 13.6. The van der Waals surface area contributed by atoms with Gasteiger partial charge in [0.25, 0.3) is 5.91 Å². The molecule has 1 unspecified atom stereocenters. The monoisotopic (exact) mass is 197 g/mol. The van der Waals surface area contributed by atoms with E-state index in [1.54, 1.807) is 23.9 Å². The van der Waals surface area contributed by atoms with Crippen molar-refractivity contribution in [1.82, 2.24) is 4.90 Å². The van der Waals surface area contributed by atoms with Crippen LogP contribution in [0.3, 0.4) is 0 Å². The molecule has 1 atom stereocenters. The molecule has 0 N–H and O–H groups in total. The van der Waals surface area contributed by atoms with E-state index in [2.05, 4.69) is 0 Å². The predicted octanol–water partition coefficient (Wildman–Crippen LogP) is 1.81.